The molecule has 0 bridgehead atoms. The average Bonchev–Trinajstić information content (AvgIpc) is 2.92. The number of hydrogen-bond donors (Lipinski definition) is 1. The Hall–Kier alpha value is -1.85. The summed E-state index contributed by atoms with van der Waals surface area (Å²) in [5, 5.41) is 2.70. The van der Waals surface area contributed by atoms with Gasteiger partial charge in [0.25, 0.3) is 0 Å². The molecule has 0 aromatic heterocycles. The molecule has 0 radical (unpaired) electrons. The molecule has 2 amide bonds. The van der Waals surface area contributed by atoms with E-state index in [0.717, 1.165) is 51.4 Å². The molecular formula is C36H58N2O4. The zero-order valence-corrected chi connectivity index (χ0v) is 28.2. The van der Waals surface area contributed by atoms with Gasteiger partial charge in [0.15, 0.2) is 0 Å². The second-order valence-electron chi connectivity index (χ2n) is 16.6. The molecule has 1 N–H and O–H groups in total. The smallest absolute Gasteiger partial charge is 0.302 e. The van der Waals surface area contributed by atoms with Gasteiger partial charge >= 0.3 is 5.97 Å². The van der Waals surface area contributed by atoms with Crippen molar-refractivity contribution in [1.82, 2.24) is 10.2 Å². The number of nitrogens with one attached hydrogen (secondary N) is 1. The Balaban J connectivity index is 1.54. The summed E-state index contributed by atoms with van der Waals surface area (Å²) in [7, 11) is 3.46. The highest BCUT2D eigenvalue weighted by atomic mass is 16.5. The maximum atomic E-state index is 14.4. The van der Waals surface area contributed by atoms with Crippen LogP contribution in [-0.4, -0.2) is 49.4 Å². The number of rotatable bonds is 4. The highest BCUT2D eigenvalue weighted by molar-refractivity contribution is 5.88. The Morgan fingerprint density at radius 2 is 1.64 bits per heavy atom. The lowest BCUT2D eigenvalue weighted by Crippen LogP contribution is -2.66. The molecule has 0 heterocycles. The van der Waals surface area contributed by atoms with Crippen molar-refractivity contribution in [1.29, 1.82) is 0 Å². The number of allylic oxidation sites excluding steroid dienone is 2. The predicted molar refractivity (Wildman–Crippen MR) is 166 cm³/mol. The van der Waals surface area contributed by atoms with Crippen LogP contribution in [0.3, 0.4) is 0 Å². The lowest BCUT2D eigenvalue weighted by atomic mass is 9.33. The molecule has 4 saturated carbocycles. The van der Waals surface area contributed by atoms with E-state index in [9.17, 15) is 14.4 Å². The molecule has 5 rings (SSSR count). The van der Waals surface area contributed by atoms with Crippen LogP contribution in [0.15, 0.2) is 11.6 Å². The van der Waals surface area contributed by atoms with Crippen molar-refractivity contribution in [2.24, 2.45) is 56.7 Å². The molecule has 5 aliphatic rings. The number of ether oxygens (including phenoxy) is 1. The summed E-state index contributed by atoms with van der Waals surface area (Å²) in [4.78, 5) is 40.4. The highest BCUT2D eigenvalue weighted by Crippen LogP contribution is 2.76. The van der Waals surface area contributed by atoms with Gasteiger partial charge in [-0.1, -0.05) is 60.1 Å². The van der Waals surface area contributed by atoms with E-state index in [1.807, 2.05) is 7.05 Å². The fourth-order valence-electron chi connectivity index (χ4n) is 12.0. The van der Waals surface area contributed by atoms with Crippen molar-refractivity contribution in [2.45, 2.75) is 119 Å². The molecule has 42 heavy (non-hydrogen) atoms. The van der Waals surface area contributed by atoms with Crippen molar-refractivity contribution in [3.8, 4) is 0 Å². The van der Waals surface area contributed by atoms with Crippen LogP contribution in [0.1, 0.15) is 113 Å². The lowest BCUT2D eigenvalue weighted by molar-refractivity contribution is -0.213. The maximum Gasteiger partial charge on any atom is 0.302 e. The molecule has 0 aromatic carbocycles. The maximum absolute atomic E-state index is 14.4. The van der Waals surface area contributed by atoms with E-state index in [1.165, 1.54) is 6.42 Å². The van der Waals surface area contributed by atoms with Crippen LogP contribution >= 0.6 is 0 Å². The van der Waals surface area contributed by atoms with Crippen LogP contribution in [0.4, 0.5) is 0 Å². The standard InChI is InChI=1S/C36H58N2O4/c1-22-13-18-36(31(41)38(10)21-29(40)37-9)20-19-34(7)25(30(36)23(22)2)11-12-27-33(6)16-15-28(42-24(3)39)32(4,5)26(33)14-17-35(27,34)8/h11,22-23,26-28,30H,12-21H2,1-10H3,(H,37,40). The van der Waals surface area contributed by atoms with Crippen molar-refractivity contribution >= 4 is 17.8 Å². The number of fused-ring (bicyclic) bond motifs is 7. The van der Waals surface area contributed by atoms with E-state index in [0.29, 0.717) is 23.7 Å². The van der Waals surface area contributed by atoms with Gasteiger partial charge in [-0.05, 0) is 104 Å². The Labute approximate surface area is 255 Å². The summed E-state index contributed by atoms with van der Waals surface area (Å²) >= 11 is 0. The van der Waals surface area contributed by atoms with Gasteiger partial charge in [-0.2, -0.15) is 0 Å². The first-order valence-electron chi connectivity index (χ1n) is 16.8. The van der Waals surface area contributed by atoms with Crippen LogP contribution in [0.25, 0.3) is 0 Å². The van der Waals surface area contributed by atoms with Crippen LogP contribution in [0, 0.1) is 56.7 Å². The molecule has 6 heteroatoms. The summed E-state index contributed by atoms with van der Waals surface area (Å²) in [5.74, 6) is 2.19. The van der Waals surface area contributed by atoms with Gasteiger partial charge in [-0.25, -0.2) is 0 Å². The topological polar surface area (TPSA) is 75.7 Å². The fraction of sp³-hybridized carbons (Fsp3) is 0.861. The molecule has 10 atom stereocenters. The number of esters is 1. The molecule has 10 unspecified atom stereocenters. The first-order chi connectivity index (χ1) is 19.5. The van der Waals surface area contributed by atoms with Crippen LogP contribution in [-0.2, 0) is 19.1 Å². The summed E-state index contributed by atoms with van der Waals surface area (Å²) in [6, 6.07) is 0. The van der Waals surface area contributed by atoms with Crippen molar-refractivity contribution < 1.29 is 19.1 Å². The molecule has 0 aliphatic heterocycles. The molecule has 0 spiro atoms. The van der Waals surface area contributed by atoms with Crippen molar-refractivity contribution in [2.75, 3.05) is 20.6 Å². The van der Waals surface area contributed by atoms with Gasteiger partial charge in [-0.3, -0.25) is 14.4 Å². The van der Waals surface area contributed by atoms with Gasteiger partial charge in [0.1, 0.15) is 6.10 Å². The summed E-state index contributed by atoms with van der Waals surface area (Å²) < 4.78 is 5.92. The fourth-order valence-corrected chi connectivity index (χ4v) is 12.0. The Morgan fingerprint density at radius 3 is 2.29 bits per heavy atom. The minimum absolute atomic E-state index is 0.0135. The monoisotopic (exact) mass is 582 g/mol. The molecule has 4 fully saturated rings. The van der Waals surface area contributed by atoms with Gasteiger partial charge in [0, 0.05) is 26.4 Å². The first-order valence-corrected chi connectivity index (χ1v) is 16.8. The van der Waals surface area contributed by atoms with Crippen LogP contribution in [0.2, 0.25) is 0 Å². The lowest BCUT2D eigenvalue weighted by Gasteiger charge is -2.71. The third-order valence-electron chi connectivity index (χ3n) is 14.7. The zero-order chi connectivity index (χ0) is 31.0. The van der Waals surface area contributed by atoms with Crippen LogP contribution in [0.5, 0.6) is 0 Å². The Morgan fingerprint density at radius 1 is 0.952 bits per heavy atom. The van der Waals surface area contributed by atoms with E-state index < -0.39 is 5.41 Å². The number of likely N-dealkylation sites (N-methyl/N-ethyl adjacent to an activating group) is 2. The number of hydrogen-bond acceptors (Lipinski definition) is 4. The van der Waals surface area contributed by atoms with E-state index in [1.54, 1.807) is 24.4 Å². The summed E-state index contributed by atoms with van der Waals surface area (Å²) in [6.07, 6.45) is 12.0. The van der Waals surface area contributed by atoms with Gasteiger partial charge in [0.05, 0.1) is 12.0 Å². The third-order valence-corrected chi connectivity index (χ3v) is 14.7. The van der Waals surface area contributed by atoms with Crippen LogP contribution < -0.4 is 5.32 Å². The molecular weight excluding hydrogens is 524 g/mol. The highest BCUT2D eigenvalue weighted by Gasteiger charge is 2.69. The normalized spacial score (nSPS) is 45.6. The second-order valence-corrected chi connectivity index (χ2v) is 16.6. The quantitative estimate of drug-likeness (QED) is 0.293. The largest absolute Gasteiger partial charge is 0.462 e. The number of nitrogens with zero attached hydrogens (tertiary/aromatic N) is 1. The third kappa shape index (κ3) is 4.26. The van der Waals surface area contributed by atoms with E-state index >= 15 is 0 Å². The predicted octanol–water partition coefficient (Wildman–Crippen LogP) is 6.78. The zero-order valence-electron chi connectivity index (χ0n) is 28.2. The summed E-state index contributed by atoms with van der Waals surface area (Å²) in [6.45, 7) is 18.8. The van der Waals surface area contributed by atoms with Gasteiger partial charge in [0.2, 0.25) is 11.8 Å². The second kappa shape index (κ2) is 10.4. The minimum atomic E-state index is -0.422. The molecule has 6 nitrogen and oxygen atoms in total. The van der Waals surface area contributed by atoms with E-state index in [4.69, 9.17) is 4.74 Å². The number of carbonyl (C=O) groups is 3. The van der Waals surface area contributed by atoms with E-state index in [2.05, 4.69) is 59.9 Å². The summed E-state index contributed by atoms with van der Waals surface area (Å²) in [5.41, 5.74) is 1.46. The van der Waals surface area contributed by atoms with Gasteiger partial charge in [-0.15, -0.1) is 0 Å². The van der Waals surface area contributed by atoms with Crippen molar-refractivity contribution in [3.05, 3.63) is 11.6 Å². The Bertz CT molecular complexity index is 1160. The first kappa shape index (κ1) is 31.6. The molecule has 0 aromatic rings. The minimum Gasteiger partial charge on any atom is -0.462 e. The molecule has 236 valence electrons. The van der Waals surface area contributed by atoms with Crippen molar-refractivity contribution in [3.63, 3.8) is 0 Å². The SMILES string of the molecule is CNC(=O)CN(C)C(=O)C12CCC(C)C(C)C1C1=CCC3C4(C)CCC(OC(C)=O)C(C)(C)C4CCC3(C)C1(C)CC2. The number of carbonyl (C=O) groups excluding carboxylic acids is 3. The van der Waals surface area contributed by atoms with E-state index in [-0.39, 0.29) is 58.0 Å². The average molecular weight is 583 g/mol. The Kier molecular flexibility index (Phi) is 7.79. The molecule has 5 aliphatic carbocycles. The molecule has 0 saturated heterocycles. The number of amides is 2. The van der Waals surface area contributed by atoms with Gasteiger partial charge < -0.3 is 15.0 Å².